The van der Waals surface area contributed by atoms with Gasteiger partial charge in [-0.3, -0.25) is 5.32 Å². The van der Waals surface area contributed by atoms with Gasteiger partial charge in [0.2, 0.25) is 0 Å². The zero-order valence-electron chi connectivity index (χ0n) is 19.4. The highest BCUT2D eigenvalue weighted by atomic mass is 16.6. The molecule has 176 valence electrons. The SMILES string of the molecule is OCOCC(CO)CCCCCCNC(c1ccccc1)(c1ccccc1)c1ccccc1. The Hall–Kier alpha value is -2.50. The third kappa shape index (κ3) is 6.99. The number of aliphatic hydroxyl groups is 2. The predicted molar refractivity (Wildman–Crippen MR) is 134 cm³/mol. The third-order valence-corrected chi connectivity index (χ3v) is 6.25. The first-order valence-electron chi connectivity index (χ1n) is 12.0. The van der Waals surface area contributed by atoms with E-state index in [0.717, 1.165) is 38.6 Å². The van der Waals surface area contributed by atoms with Gasteiger partial charge in [-0.15, -0.1) is 0 Å². The maximum atomic E-state index is 9.44. The minimum atomic E-state index is -0.409. The first kappa shape index (κ1) is 25.1. The Labute approximate surface area is 198 Å². The van der Waals surface area contributed by atoms with Crippen LogP contribution in [0.15, 0.2) is 91.0 Å². The lowest BCUT2D eigenvalue weighted by Crippen LogP contribution is -2.45. The van der Waals surface area contributed by atoms with Gasteiger partial charge in [0.05, 0.1) is 12.1 Å². The molecule has 0 aliphatic heterocycles. The van der Waals surface area contributed by atoms with E-state index in [0.29, 0.717) is 6.61 Å². The van der Waals surface area contributed by atoms with Gasteiger partial charge in [0.25, 0.3) is 0 Å². The Morgan fingerprint density at radius 2 is 1.15 bits per heavy atom. The summed E-state index contributed by atoms with van der Waals surface area (Å²) in [6.45, 7) is 1.14. The molecule has 0 saturated heterocycles. The second-order valence-corrected chi connectivity index (χ2v) is 8.53. The van der Waals surface area contributed by atoms with E-state index < -0.39 is 5.54 Å². The monoisotopic (exact) mass is 447 g/mol. The molecule has 0 heterocycles. The van der Waals surface area contributed by atoms with Crippen molar-refractivity contribution in [1.82, 2.24) is 5.32 Å². The molecule has 0 bridgehead atoms. The van der Waals surface area contributed by atoms with Crippen molar-refractivity contribution in [2.24, 2.45) is 5.92 Å². The van der Waals surface area contributed by atoms with Crippen LogP contribution >= 0.6 is 0 Å². The molecule has 3 aromatic rings. The number of ether oxygens (including phenoxy) is 1. The van der Waals surface area contributed by atoms with Crippen LogP contribution in [0, 0.1) is 5.92 Å². The summed E-state index contributed by atoms with van der Waals surface area (Å²) in [6.07, 6.45) is 5.30. The van der Waals surface area contributed by atoms with Crippen molar-refractivity contribution in [3.63, 3.8) is 0 Å². The minimum absolute atomic E-state index is 0.106. The fourth-order valence-corrected chi connectivity index (χ4v) is 4.50. The van der Waals surface area contributed by atoms with Crippen LogP contribution in [0.5, 0.6) is 0 Å². The quantitative estimate of drug-likeness (QED) is 0.172. The van der Waals surface area contributed by atoms with Gasteiger partial charge in [-0.2, -0.15) is 0 Å². The number of benzene rings is 3. The lowest BCUT2D eigenvalue weighted by molar-refractivity contribution is -0.0269. The van der Waals surface area contributed by atoms with E-state index in [1.165, 1.54) is 16.7 Å². The van der Waals surface area contributed by atoms with E-state index in [4.69, 9.17) is 9.84 Å². The normalized spacial score (nSPS) is 12.5. The number of hydrogen-bond donors (Lipinski definition) is 3. The van der Waals surface area contributed by atoms with Gasteiger partial charge < -0.3 is 14.9 Å². The Morgan fingerprint density at radius 3 is 1.61 bits per heavy atom. The highest BCUT2D eigenvalue weighted by molar-refractivity contribution is 5.49. The summed E-state index contributed by atoms with van der Waals surface area (Å²) >= 11 is 0. The Balaban J connectivity index is 1.68. The van der Waals surface area contributed by atoms with Crippen LogP contribution in [0.3, 0.4) is 0 Å². The van der Waals surface area contributed by atoms with Crippen LogP contribution < -0.4 is 5.32 Å². The number of aliphatic hydroxyl groups excluding tert-OH is 2. The lowest BCUT2D eigenvalue weighted by atomic mass is 9.77. The zero-order chi connectivity index (χ0) is 23.2. The van der Waals surface area contributed by atoms with Gasteiger partial charge in [-0.05, 0) is 36.1 Å². The van der Waals surface area contributed by atoms with E-state index >= 15 is 0 Å². The average molecular weight is 448 g/mol. The molecule has 0 amide bonds. The summed E-state index contributed by atoms with van der Waals surface area (Å²) in [5.74, 6) is 0.108. The number of rotatable bonds is 15. The van der Waals surface area contributed by atoms with Gasteiger partial charge in [-0.25, -0.2) is 0 Å². The molecule has 0 fully saturated rings. The molecule has 0 aliphatic carbocycles. The van der Waals surface area contributed by atoms with Crippen LogP contribution in [0.4, 0.5) is 0 Å². The third-order valence-electron chi connectivity index (χ3n) is 6.25. The van der Waals surface area contributed by atoms with Crippen LogP contribution in [0.25, 0.3) is 0 Å². The molecular formula is C29H37NO3. The molecule has 1 unspecified atom stereocenters. The number of unbranched alkanes of at least 4 members (excludes halogenated alkanes) is 3. The second-order valence-electron chi connectivity index (χ2n) is 8.53. The highest BCUT2D eigenvalue weighted by Gasteiger charge is 2.35. The van der Waals surface area contributed by atoms with Crippen molar-refractivity contribution in [2.75, 3.05) is 26.6 Å². The number of nitrogens with one attached hydrogen (secondary N) is 1. The van der Waals surface area contributed by atoms with Crippen molar-refractivity contribution in [2.45, 2.75) is 37.6 Å². The van der Waals surface area contributed by atoms with Crippen LogP contribution in [-0.2, 0) is 10.3 Å². The van der Waals surface area contributed by atoms with Crippen LogP contribution in [0.1, 0.15) is 48.8 Å². The highest BCUT2D eigenvalue weighted by Crippen LogP contribution is 2.36. The summed E-state index contributed by atoms with van der Waals surface area (Å²) in [6, 6.07) is 32.1. The van der Waals surface area contributed by atoms with E-state index in [1.54, 1.807) is 0 Å². The summed E-state index contributed by atoms with van der Waals surface area (Å²) in [4.78, 5) is 0. The molecule has 1 atom stereocenters. The molecule has 0 saturated carbocycles. The molecule has 0 radical (unpaired) electrons. The van der Waals surface area contributed by atoms with Crippen molar-refractivity contribution in [3.05, 3.63) is 108 Å². The first-order chi connectivity index (χ1) is 16.3. The first-order valence-corrected chi connectivity index (χ1v) is 12.0. The zero-order valence-corrected chi connectivity index (χ0v) is 19.4. The van der Waals surface area contributed by atoms with E-state index in [-0.39, 0.29) is 19.3 Å². The lowest BCUT2D eigenvalue weighted by Gasteiger charge is -2.37. The molecule has 4 nitrogen and oxygen atoms in total. The summed E-state index contributed by atoms with van der Waals surface area (Å²) in [5.41, 5.74) is 3.29. The summed E-state index contributed by atoms with van der Waals surface area (Å²) in [7, 11) is 0. The Morgan fingerprint density at radius 1 is 0.667 bits per heavy atom. The molecule has 3 aromatic carbocycles. The molecule has 0 aromatic heterocycles. The molecule has 0 spiro atoms. The van der Waals surface area contributed by atoms with Crippen LogP contribution in [0.2, 0.25) is 0 Å². The molecule has 3 N–H and O–H groups in total. The topological polar surface area (TPSA) is 61.7 Å². The van der Waals surface area contributed by atoms with Gasteiger partial charge >= 0.3 is 0 Å². The fourth-order valence-electron chi connectivity index (χ4n) is 4.50. The number of hydrogen-bond acceptors (Lipinski definition) is 4. The molecule has 33 heavy (non-hydrogen) atoms. The standard InChI is InChI=1S/C29H37NO3/c31-22-25(23-33-24-32)14-6-1-2-13-21-30-29(26-15-7-3-8-16-26,27-17-9-4-10-18-27)28-19-11-5-12-20-28/h3-5,7-12,15-20,25,30-32H,1-2,6,13-14,21-24H2. The minimum Gasteiger partial charge on any atom is -0.396 e. The molecule has 4 heteroatoms. The smallest absolute Gasteiger partial charge is 0.143 e. The van der Waals surface area contributed by atoms with Crippen molar-refractivity contribution < 1.29 is 14.9 Å². The van der Waals surface area contributed by atoms with Crippen molar-refractivity contribution in [1.29, 1.82) is 0 Å². The largest absolute Gasteiger partial charge is 0.396 e. The fraction of sp³-hybridized carbons (Fsp3) is 0.379. The molecule has 3 rings (SSSR count). The molecular weight excluding hydrogens is 410 g/mol. The van der Waals surface area contributed by atoms with Gasteiger partial charge in [0.1, 0.15) is 6.79 Å². The van der Waals surface area contributed by atoms with E-state index in [2.05, 4.69) is 96.3 Å². The Kier molecular flexibility index (Phi) is 10.6. The Bertz CT molecular complexity index is 790. The summed E-state index contributed by atoms with van der Waals surface area (Å²) < 4.78 is 5.03. The van der Waals surface area contributed by atoms with Gasteiger partial charge in [-0.1, -0.05) is 110 Å². The second kappa shape index (κ2) is 13.9. The van der Waals surface area contributed by atoms with E-state index in [1.807, 2.05) is 0 Å². The maximum absolute atomic E-state index is 9.44. The summed E-state index contributed by atoms with van der Waals surface area (Å²) in [5, 5.41) is 22.2. The average Bonchev–Trinajstić information content (AvgIpc) is 2.89. The van der Waals surface area contributed by atoms with Gasteiger partial charge in [0.15, 0.2) is 0 Å². The maximum Gasteiger partial charge on any atom is 0.143 e. The van der Waals surface area contributed by atoms with E-state index in [9.17, 15) is 5.11 Å². The van der Waals surface area contributed by atoms with Gasteiger partial charge in [0, 0.05) is 12.5 Å². The van der Waals surface area contributed by atoms with Crippen LogP contribution in [-0.4, -0.2) is 36.8 Å². The molecule has 0 aliphatic rings. The van der Waals surface area contributed by atoms with Crippen molar-refractivity contribution >= 4 is 0 Å². The predicted octanol–water partition coefficient (Wildman–Crippen LogP) is 5.09. The van der Waals surface area contributed by atoms with Crippen molar-refractivity contribution in [3.8, 4) is 0 Å².